The summed E-state index contributed by atoms with van der Waals surface area (Å²) in [5.41, 5.74) is 1.72. The number of aromatic nitrogens is 1. The molecule has 130 valence electrons. The summed E-state index contributed by atoms with van der Waals surface area (Å²) in [4.78, 5) is 18.5. The van der Waals surface area contributed by atoms with Crippen LogP contribution in [-0.4, -0.2) is 32.5 Å². The molecule has 0 aliphatic carbocycles. The highest BCUT2D eigenvalue weighted by molar-refractivity contribution is 8.24. The van der Waals surface area contributed by atoms with E-state index in [1.165, 1.54) is 11.8 Å². The van der Waals surface area contributed by atoms with E-state index in [-0.39, 0.29) is 11.2 Å². The van der Waals surface area contributed by atoms with Gasteiger partial charge >= 0.3 is 0 Å². The number of benzene rings is 1. The zero-order valence-electron chi connectivity index (χ0n) is 13.2. The lowest BCUT2D eigenvalue weighted by Gasteiger charge is -2.16. The number of carbonyl (C=O) groups excluding carboxylic acids is 1. The van der Waals surface area contributed by atoms with Crippen molar-refractivity contribution in [2.24, 2.45) is 0 Å². The topological polar surface area (TPSA) is 42.4 Å². The van der Waals surface area contributed by atoms with Crippen molar-refractivity contribution < 1.29 is 9.53 Å². The van der Waals surface area contributed by atoms with Crippen LogP contribution in [-0.2, 0) is 17.8 Å². The number of carbonyl (C=O) groups is 1. The lowest BCUT2D eigenvalue weighted by molar-refractivity contribution is -0.126. The maximum absolute atomic E-state index is 12.8. The van der Waals surface area contributed by atoms with Crippen molar-refractivity contribution in [3.63, 3.8) is 0 Å². The lowest BCUT2D eigenvalue weighted by Crippen LogP contribution is -2.31. The second kappa shape index (κ2) is 7.91. The predicted octanol–water partition coefficient (Wildman–Crippen LogP) is 4.37. The summed E-state index contributed by atoms with van der Waals surface area (Å²) < 4.78 is 5.92. The molecule has 1 aliphatic rings. The summed E-state index contributed by atoms with van der Waals surface area (Å²) in [6, 6.07) is 7.14. The standard InChI is InChI=1S/C17H14Cl2N2O2S2/c1-23-15-11(5-12(18)7-13(15)19)6-14-16(22)21(17(24)25-14)9-10-3-2-4-20-8-10/h2-5,7-8,14H,6,9H2,1H3/t14-/m0/s1. The zero-order chi connectivity index (χ0) is 18.0. The minimum Gasteiger partial charge on any atom is -0.495 e. The van der Waals surface area contributed by atoms with Gasteiger partial charge in [-0.15, -0.1) is 0 Å². The van der Waals surface area contributed by atoms with Crippen molar-refractivity contribution in [3.8, 4) is 5.75 Å². The molecule has 1 aromatic carbocycles. The molecule has 0 radical (unpaired) electrons. The van der Waals surface area contributed by atoms with Gasteiger partial charge in [0.1, 0.15) is 10.1 Å². The first-order valence-corrected chi connectivity index (χ1v) is 9.46. The highest BCUT2D eigenvalue weighted by atomic mass is 35.5. The summed E-state index contributed by atoms with van der Waals surface area (Å²) >= 11 is 19.0. The van der Waals surface area contributed by atoms with Crippen LogP contribution in [0.15, 0.2) is 36.7 Å². The number of thioether (sulfide) groups is 1. The normalized spacial score (nSPS) is 17.2. The van der Waals surface area contributed by atoms with Crippen LogP contribution in [0.25, 0.3) is 0 Å². The van der Waals surface area contributed by atoms with E-state index in [0.29, 0.717) is 33.1 Å². The third-order valence-electron chi connectivity index (χ3n) is 3.76. The van der Waals surface area contributed by atoms with Gasteiger partial charge in [0.05, 0.1) is 23.9 Å². The molecule has 1 fully saturated rings. The van der Waals surface area contributed by atoms with E-state index in [4.69, 9.17) is 40.2 Å². The molecular formula is C17H14Cl2N2O2S2. The van der Waals surface area contributed by atoms with E-state index in [0.717, 1.165) is 11.1 Å². The molecule has 0 saturated carbocycles. The van der Waals surface area contributed by atoms with Crippen LogP contribution >= 0.6 is 47.2 Å². The Morgan fingerprint density at radius 1 is 1.40 bits per heavy atom. The first-order valence-electron chi connectivity index (χ1n) is 7.42. The molecular weight excluding hydrogens is 399 g/mol. The Hall–Kier alpha value is -1.34. The Morgan fingerprint density at radius 3 is 2.88 bits per heavy atom. The van der Waals surface area contributed by atoms with Crippen LogP contribution in [0.2, 0.25) is 10.0 Å². The van der Waals surface area contributed by atoms with Crippen LogP contribution in [0.4, 0.5) is 0 Å². The zero-order valence-corrected chi connectivity index (χ0v) is 16.4. The first-order chi connectivity index (χ1) is 12.0. The molecule has 3 rings (SSSR count). The maximum Gasteiger partial charge on any atom is 0.242 e. The SMILES string of the molecule is COc1c(Cl)cc(Cl)cc1C[C@@H]1SC(=S)N(Cc2cccnc2)C1=O. The summed E-state index contributed by atoms with van der Waals surface area (Å²) in [6.45, 7) is 0.419. The number of thiocarbonyl (C=S) groups is 1. The molecule has 0 unspecified atom stereocenters. The molecule has 0 spiro atoms. The second-order valence-electron chi connectivity index (χ2n) is 5.44. The molecule has 8 heteroatoms. The molecule has 1 aliphatic heterocycles. The number of hydrogen-bond donors (Lipinski definition) is 0. The Balaban J connectivity index is 1.79. The van der Waals surface area contributed by atoms with Gasteiger partial charge < -0.3 is 4.74 Å². The van der Waals surface area contributed by atoms with Crippen molar-refractivity contribution in [1.82, 2.24) is 9.88 Å². The van der Waals surface area contributed by atoms with Crippen molar-refractivity contribution in [2.45, 2.75) is 18.2 Å². The van der Waals surface area contributed by atoms with Crippen LogP contribution < -0.4 is 4.74 Å². The fourth-order valence-electron chi connectivity index (χ4n) is 2.64. The minimum atomic E-state index is -0.326. The van der Waals surface area contributed by atoms with E-state index in [2.05, 4.69) is 4.98 Å². The summed E-state index contributed by atoms with van der Waals surface area (Å²) in [5.74, 6) is 0.507. The van der Waals surface area contributed by atoms with Gasteiger partial charge in [0.2, 0.25) is 5.91 Å². The predicted molar refractivity (Wildman–Crippen MR) is 105 cm³/mol. The van der Waals surface area contributed by atoms with Gasteiger partial charge in [-0.3, -0.25) is 14.7 Å². The molecule has 1 amide bonds. The molecule has 0 bridgehead atoms. The average molecular weight is 413 g/mol. The molecule has 2 aromatic rings. The van der Waals surface area contributed by atoms with Crippen molar-refractivity contribution in [3.05, 3.63) is 57.8 Å². The third-order valence-corrected chi connectivity index (χ3v) is 5.85. The number of methoxy groups -OCH3 is 1. The highest BCUT2D eigenvalue weighted by Crippen LogP contribution is 2.37. The highest BCUT2D eigenvalue weighted by Gasteiger charge is 2.37. The van der Waals surface area contributed by atoms with Crippen LogP contribution in [0.1, 0.15) is 11.1 Å². The molecule has 25 heavy (non-hydrogen) atoms. The Bertz CT molecular complexity index is 818. The largest absolute Gasteiger partial charge is 0.495 e. The van der Waals surface area contributed by atoms with Gasteiger partial charge in [-0.05, 0) is 35.7 Å². The third kappa shape index (κ3) is 4.08. The van der Waals surface area contributed by atoms with Gasteiger partial charge in [0, 0.05) is 17.4 Å². The van der Waals surface area contributed by atoms with E-state index in [1.807, 2.05) is 12.1 Å². The van der Waals surface area contributed by atoms with Crippen molar-refractivity contribution >= 4 is 57.4 Å². The lowest BCUT2D eigenvalue weighted by atomic mass is 10.1. The average Bonchev–Trinajstić information content (AvgIpc) is 2.83. The molecule has 4 nitrogen and oxygen atoms in total. The first kappa shape index (κ1) is 18.5. The summed E-state index contributed by atoms with van der Waals surface area (Å²) in [6.07, 6.45) is 3.87. The van der Waals surface area contributed by atoms with Crippen molar-refractivity contribution in [1.29, 1.82) is 0 Å². The van der Waals surface area contributed by atoms with Crippen molar-refractivity contribution in [2.75, 3.05) is 7.11 Å². The van der Waals surface area contributed by atoms with Crippen LogP contribution in [0.5, 0.6) is 5.75 Å². The van der Waals surface area contributed by atoms with Gasteiger partial charge in [-0.25, -0.2) is 0 Å². The van der Waals surface area contributed by atoms with Gasteiger partial charge in [-0.2, -0.15) is 0 Å². The van der Waals surface area contributed by atoms with Gasteiger partial charge in [0.25, 0.3) is 0 Å². The number of halogens is 2. The number of nitrogens with zero attached hydrogens (tertiary/aromatic N) is 2. The van der Waals surface area contributed by atoms with Gasteiger partial charge in [-0.1, -0.05) is 53.2 Å². The summed E-state index contributed by atoms with van der Waals surface area (Å²) in [5, 5.41) is 0.605. The number of pyridine rings is 1. The number of amides is 1. The molecule has 1 atom stereocenters. The fourth-order valence-corrected chi connectivity index (χ4v) is 4.77. The monoisotopic (exact) mass is 412 g/mol. The van der Waals surface area contributed by atoms with Gasteiger partial charge in [0.15, 0.2) is 0 Å². The van der Waals surface area contributed by atoms with E-state index >= 15 is 0 Å². The molecule has 1 saturated heterocycles. The fraction of sp³-hybridized carbons (Fsp3) is 0.235. The van der Waals surface area contributed by atoms with Crippen LogP contribution in [0.3, 0.4) is 0 Å². The quantitative estimate of drug-likeness (QED) is 0.681. The Labute approximate surface area is 165 Å². The number of ether oxygens (including phenoxy) is 1. The van der Waals surface area contributed by atoms with E-state index in [1.54, 1.807) is 36.5 Å². The van der Waals surface area contributed by atoms with E-state index in [9.17, 15) is 4.79 Å². The second-order valence-corrected chi connectivity index (χ2v) is 8.12. The molecule has 0 N–H and O–H groups in total. The maximum atomic E-state index is 12.8. The summed E-state index contributed by atoms with van der Waals surface area (Å²) in [7, 11) is 1.54. The molecule has 1 aromatic heterocycles. The molecule has 2 heterocycles. The number of rotatable bonds is 5. The van der Waals surface area contributed by atoms with E-state index < -0.39 is 0 Å². The Kier molecular flexibility index (Phi) is 5.84. The van der Waals surface area contributed by atoms with Crippen LogP contribution in [0, 0.1) is 0 Å². The smallest absolute Gasteiger partial charge is 0.242 e. The number of hydrogen-bond acceptors (Lipinski definition) is 5. The minimum absolute atomic E-state index is 0.0306. The Morgan fingerprint density at radius 2 is 2.20 bits per heavy atom.